The van der Waals surface area contributed by atoms with E-state index in [9.17, 15) is 4.79 Å². The Morgan fingerprint density at radius 3 is 2.54 bits per heavy atom. The van der Waals surface area contributed by atoms with E-state index in [0.29, 0.717) is 6.54 Å². The van der Waals surface area contributed by atoms with Gasteiger partial charge in [-0.2, -0.15) is 4.37 Å². The Morgan fingerprint density at radius 1 is 1.07 bits per heavy atom. The van der Waals surface area contributed by atoms with Crippen molar-refractivity contribution in [2.24, 2.45) is 0 Å². The number of anilines is 1. The second kappa shape index (κ2) is 8.97. The summed E-state index contributed by atoms with van der Waals surface area (Å²) in [4.78, 5) is 19.5. The largest absolute Gasteiger partial charge is 0.354 e. The molecular weight excluding hydrogens is 368 g/mol. The molecule has 1 fully saturated rings. The first kappa shape index (κ1) is 18.6. The summed E-state index contributed by atoms with van der Waals surface area (Å²) < 4.78 is 4.51. The lowest BCUT2D eigenvalue weighted by atomic mass is 10.1. The molecule has 0 spiro atoms. The topological polar surface area (TPSA) is 58.1 Å². The van der Waals surface area contributed by atoms with Gasteiger partial charge in [-0.05, 0) is 30.4 Å². The Morgan fingerprint density at radius 2 is 1.79 bits per heavy atom. The van der Waals surface area contributed by atoms with Crippen LogP contribution in [0.1, 0.15) is 29.8 Å². The zero-order chi connectivity index (χ0) is 19.2. The molecule has 1 aliphatic heterocycles. The molecule has 1 aliphatic rings. The fourth-order valence-electron chi connectivity index (χ4n) is 3.57. The molecule has 2 aromatic carbocycles. The van der Waals surface area contributed by atoms with Crippen molar-refractivity contribution < 1.29 is 4.79 Å². The van der Waals surface area contributed by atoms with Crippen LogP contribution >= 0.6 is 11.5 Å². The summed E-state index contributed by atoms with van der Waals surface area (Å²) in [6, 6.07) is 20.3. The monoisotopic (exact) mass is 392 g/mol. The number of benzene rings is 2. The molecule has 4 rings (SSSR count). The summed E-state index contributed by atoms with van der Waals surface area (Å²) in [5.41, 5.74) is 2.43. The lowest BCUT2D eigenvalue weighted by molar-refractivity contribution is -0.122. The van der Waals surface area contributed by atoms with Crippen molar-refractivity contribution in [3.05, 3.63) is 77.6 Å². The molecule has 28 heavy (non-hydrogen) atoms. The summed E-state index contributed by atoms with van der Waals surface area (Å²) in [6.45, 7) is 1.51. The fourth-order valence-corrected chi connectivity index (χ4v) is 4.33. The summed E-state index contributed by atoms with van der Waals surface area (Å²) in [5, 5.41) is 3.95. The molecule has 144 valence electrons. The first-order chi connectivity index (χ1) is 13.8. The maximum Gasteiger partial charge on any atom is 0.242 e. The van der Waals surface area contributed by atoms with E-state index in [4.69, 9.17) is 4.98 Å². The Bertz CT molecular complexity index is 897. The molecule has 2 heterocycles. The zero-order valence-corrected chi connectivity index (χ0v) is 16.6. The highest BCUT2D eigenvalue weighted by Crippen LogP contribution is 2.27. The van der Waals surface area contributed by atoms with Crippen LogP contribution in [-0.2, 0) is 17.6 Å². The quantitative estimate of drug-likeness (QED) is 0.669. The number of nitrogens with zero attached hydrogens (tertiary/aromatic N) is 3. The second-order valence-electron chi connectivity index (χ2n) is 7.03. The molecule has 0 radical (unpaired) electrons. The van der Waals surface area contributed by atoms with Crippen molar-refractivity contribution in [1.29, 1.82) is 0 Å². The third-order valence-corrected chi connectivity index (χ3v) is 5.81. The van der Waals surface area contributed by atoms with Crippen molar-refractivity contribution in [3.63, 3.8) is 0 Å². The number of carbonyl (C=O) groups excluding carboxylic acids is 1. The van der Waals surface area contributed by atoms with Crippen LogP contribution in [-0.4, -0.2) is 34.4 Å². The lowest BCUT2D eigenvalue weighted by Gasteiger charge is -2.22. The minimum absolute atomic E-state index is 0.0910. The maximum absolute atomic E-state index is 12.7. The van der Waals surface area contributed by atoms with E-state index in [1.54, 1.807) is 0 Å². The molecule has 1 N–H and O–H groups in total. The van der Waals surface area contributed by atoms with Gasteiger partial charge in [0.05, 0.1) is 0 Å². The standard InChI is InChI=1S/C22H24N4OS/c27-21(23-14-13-17-8-3-1-4-9-17)19-12-7-15-26(19)22-24-20(25-28-22)16-18-10-5-2-6-11-18/h1-6,8-11,19H,7,12-16H2,(H,23,27). The molecule has 1 saturated heterocycles. The van der Waals surface area contributed by atoms with Gasteiger partial charge in [0.15, 0.2) is 0 Å². The van der Waals surface area contributed by atoms with Gasteiger partial charge >= 0.3 is 0 Å². The molecule has 6 heteroatoms. The number of rotatable bonds is 7. The highest BCUT2D eigenvalue weighted by atomic mass is 32.1. The van der Waals surface area contributed by atoms with Crippen molar-refractivity contribution >= 4 is 22.6 Å². The Labute approximate surface area is 169 Å². The van der Waals surface area contributed by atoms with Crippen molar-refractivity contribution in [2.75, 3.05) is 18.0 Å². The van der Waals surface area contributed by atoms with Gasteiger partial charge in [0, 0.05) is 31.0 Å². The van der Waals surface area contributed by atoms with E-state index in [0.717, 1.165) is 43.2 Å². The van der Waals surface area contributed by atoms with E-state index in [-0.39, 0.29) is 11.9 Å². The number of aromatic nitrogens is 2. The highest BCUT2D eigenvalue weighted by Gasteiger charge is 2.32. The molecule has 3 aromatic rings. The third-order valence-electron chi connectivity index (χ3n) is 5.02. The molecule has 1 atom stereocenters. The molecule has 0 bridgehead atoms. The minimum atomic E-state index is -0.145. The number of hydrogen-bond acceptors (Lipinski definition) is 5. The normalized spacial score (nSPS) is 16.3. The van der Waals surface area contributed by atoms with Crippen molar-refractivity contribution in [2.45, 2.75) is 31.7 Å². The van der Waals surface area contributed by atoms with Crippen molar-refractivity contribution in [1.82, 2.24) is 14.7 Å². The van der Waals surface area contributed by atoms with Gasteiger partial charge < -0.3 is 10.2 Å². The SMILES string of the molecule is O=C(NCCc1ccccc1)C1CCCN1c1nc(Cc2ccccc2)ns1. The lowest BCUT2D eigenvalue weighted by Crippen LogP contribution is -2.44. The van der Waals surface area contributed by atoms with Gasteiger partial charge in [-0.3, -0.25) is 4.79 Å². The van der Waals surface area contributed by atoms with Gasteiger partial charge in [-0.1, -0.05) is 60.7 Å². The number of hydrogen-bond donors (Lipinski definition) is 1. The Kier molecular flexibility index (Phi) is 5.97. The molecule has 1 amide bonds. The zero-order valence-electron chi connectivity index (χ0n) is 15.8. The molecule has 1 unspecified atom stereocenters. The van der Waals surface area contributed by atoms with Crippen LogP contribution in [0.3, 0.4) is 0 Å². The average molecular weight is 393 g/mol. The van der Waals surface area contributed by atoms with Crippen LogP contribution < -0.4 is 10.2 Å². The summed E-state index contributed by atoms with van der Waals surface area (Å²) in [7, 11) is 0. The van der Waals surface area contributed by atoms with E-state index in [1.165, 1.54) is 22.7 Å². The van der Waals surface area contributed by atoms with Crippen LogP contribution in [0, 0.1) is 0 Å². The van der Waals surface area contributed by atoms with Crippen LogP contribution in [0.2, 0.25) is 0 Å². The van der Waals surface area contributed by atoms with E-state index in [2.05, 4.69) is 38.9 Å². The van der Waals surface area contributed by atoms with Crippen LogP contribution in [0.15, 0.2) is 60.7 Å². The minimum Gasteiger partial charge on any atom is -0.354 e. The Hall–Kier alpha value is -2.73. The molecule has 5 nitrogen and oxygen atoms in total. The predicted molar refractivity (Wildman–Crippen MR) is 113 cm³/mol. The van der Waals surface area contributed by atoms with E-state index >= 15 is 0 Å². The maximum atomic E-state index is 12.7. The van der Waals surface area contributed by atoms with Crippen LogP contribution in [0.4, 0.5) is 5.13 Å². The summed E-state index contributed by atoms with van der Waals surface area (Å²) in [5.74, 6) is 0.912. The van der Waals surface area contributed by atoms with Crippen LogP contribution in [0.25, 0.3) is 0 Å². The second-order valence-corrected chi connectivity index (χ2v) is 7.76. The van der Waals surface area contributed by atoms with Gasteiger partial charge in [0.1, 0.15) is 11.9 Å². The van der Waals surface area contributed by atoms with Gasteiger partial charge in [-0.15, -0.1) is 0 Å². The van der Waals surface area contributed by atoms with Crippen molar-refractivity contribution in [3.8, 4) is 0 Å². The van der Waals surface area contributed by atoms with Crippen LogP contribution in [0.5, 0.6) is 0 Å². The molecule has 1 aromatic heterocycles. The fraction of sp³-hybridized carbons (Fsp3) is 0.318. The number of carbonyl (C=O) groups is 1. The van der Waals surface area contributed by atoms with E-state index < -0.39 is 0 Å². The number of nitrogens with one attached hydrogen (secondary N) is 1. The predicted octanol–water partition coefficient (Wildman–Crippen LogP) is 3.46. The van der Waals surface area contributed by atoms with Gasteiger partial charge in [0.2, 0.25) is 11.0 Å². The average Bonchev–Trinajstić information content (AvgIpc) is 3.39. The summed E-state index contributed by atoms with van der Waals surface area (Å²) >= 11 is 1.39. The first-order valence-corrected chi connectivity index (χ1v) is 10.5. The number of amides is 1. The smallest absolute Gasteiger partial charge is 0.242 e. The molecule has 0 saturated carbocycles. The molecular formula is C22H24N4OS. The van der Waals surface area contributed by atoms with Gasteiger partial charge in [-0.25, -0.2) is 4.98 Å². The molecule has 0 aliphatic carbocycles. The Balaban J connectivity index is 1.34. The third kappa shape index (κ3) is 4.57. The first-order valence-electron chi connectivity index (χ1n) is 9.74. The summed E-state index contributed by atoms with van der Waals surface area (Å²) in [6.07, 6.45) is 3.44. The van der Waals surface area contributed by atoms with Gasteiger partial charge in [0.25, 0.3) is 0 Å². The van der Waals surface area contributed by atoms with E-state index in [1.807, 2.05) is 36.4 Å². The highest BCUT2D eigenvalue weighted by molar-refractivity contribution is 7.09.